The summed E-state index contributed by atoms with van der Waals surface area (Å²) in [5.74, 6) is -2.55. The standard InChI is InChI=1S/C26H30N2O8/c1-6-35-25(34)28-9-7-15(8-10-28)27-13(3)18-16(30)11-17-26(5,24(18)33)20-22(32)12(2)21(31)19(14(4)29)23(20)36-17/h11,15,27,31-32H,6-10H2,1-5H3/b18-13+/t26-/m0/s1. The number of aromatic hydroxyl groups is 2. The van der Waals surface area contributed by atoms with Crippen LogP contribution in [-0.4, -0.2) is 64.3 Å². The topological polar surface area (TPSA) is 142 Å². The van der Waals surface area contributed by atoms with E-state index in [4.69, 9.17) is 9.47 Å². The van der Waals surface area contributed by atoms with Gasteiger partial charge in [-0.05, 0) is 47.5 Å². The molecule has 3 N–H and O–H groups in total. The van der Waals surface area contributed by atoms with Gasteiger partial charge >= 0.3 is 6.09 Å². The number of phenols is 2. The molecule has 1 aromatic rings. The summed E-state index contributed by atoms with van der Waals surface area (Å²) in [5.41, 5.74) is -1.29. The predicted octanol–water partition coefficient (Wildman–Crippen LogP) is 2.78. The Morgan fingerprint density at radius 2 is 1.83 bits per heavy atom. The van der Waals surface area contributed by atoms with Gasteiger partial charge in [0.1, 0.15) is 34.0 Å². The number of amides is 1. The molecule has 0 radical (unpaired) electrons. The minimum atomic E-state index is -1.55. The SMILES string of the molecule is CCOC(=O)N1CCC(N/C(C)=C2\C(=O)C=C3Oc4c(C(C)=O)c(O)c(C)c(O)c4[C@@]3(C)C2=O)CC1. The third-order valence-corrected chi connectivity index (χ3v) is 7.20. The van der Waals surface area contributed by atoms with E-state index in [2.05, 4.69) is 5.32 Å². The summed E-state index contributed by atoms with van der Waals surface area (Å²) in [5, 5.41) is 24.6. The first-order chi connectivity index (χ1) is 16.9. The number of likely N-dealkylation sites (tertiary alicyclic amines) is 1. The van der Waals surface area contributed by atoms with E-state index in [1.54, 1.807) is 18.7 Å². The van der Waals surface area contributed by atoms with Crippen LogP contribution in [0.4, 0.5) is 4.79 Å². The monoisotopic (exact) mass is 498 g/mol. The number of Topliss-reactive ketones (excluding diaryl/α,β-unsaturated/α-hetero) is 2. The van der Waals surface area contributed by atoms with Gasteiger partial charge in [-0.1, -0.05) is 0 Å². The van der Waals surface area contributed by atoms with Gasteiger partial charge in [-0.3, -0.25) is 14.4 Å². The minimum Gasteiger partial charge on any atom is -0.507 e. The van der Waals surface area contributed by atoms with Crippen LogP contribution < -0.4 is 10.1 Å². The zero-order valence-corrected chi connectivity index (χ0v) is 21.0. The van der Waals surface area contributed by atoms with Gasteiger partial charge in [-0.15, -0.1) is 0 Å². The zero-order valence-electron chi connectivity index (χ0n) is 21.0. The fraction of sp³-hybridized carbons (Fsp3) is 0.462. The lowest BCUT2D eigenvalue weighted by molar-refractivity contribution is -0.123. The quantitative estimate of drug-likeness (QED) is 0.324. The van der Waals surface area contributed by atoms with Crippen LogP contribution in [0.5, 0.6) is 17.2 Å². The number of allylic oxidation sites excluding steroid dienone is 4. The molecule has 1 saturated heterocycles. The Balaban J connectivity index is 1.68. The van der Waals surface area contributed by atoms with E-state index in [0.717, 1.165) is 0 Å². The van der Waals surface area contributed by atoms with Gasteiger partial charge in [0.2, 0.25) is 0 Å². The van der Waals surface area contributed by atoms with Gasteiger partial charge in [0, 0.05) is 36.5 Å². The molecule has 0 aromatic heterocycles. The number of carbonyl (C=O) groups is 4. The van der Waals surface area contributed by atoms with E-state index in [0.29, 0.717) is 38.2 Å². The first-order valence-corrected chi connectivity index (χ1v) is 11.9. The first kappa shape index (κ1) is 25.3. The molecule has 1 aliphatic carbocycles. The third-order valence-electron chi connectivity index (χ3n) is 7.20. The Morgan fingerprint density at radius 3 is 2.42 bits per heavy atom. The Labute approximate surface area is 208 Å². The molecule has 2 heterocycles. The van der Waals surface area contributed by atoms with E-state index >= 15 is 0 Å². The van der Waals surface area contributed by atoms with Crippen molar-refractivity contribution in [3.8, 4) is 17.2 Å². The van der Waals surface area contributed by atoms with Crippen molar-refractivity contribution in [2.45, 2.75) is 58.9 Å². The minimum absolute atomic E-state index is 0.00500. The molecule has 10 heteroatoms. The Morgan fingerprint density at radius 1 is 1.19 bits per heavy atom. The number of carbonyl (C=O) groups excluding carboxylic acids is 4. The number of ketones is 3. The molecule has 36 heavy (non-hydrogen) atoms. The van der Waals surface area contributed by atoms with Crippen molar-refractivity contribution < 1.29 is 38.9 Å². The smallest absolute Gasteiger partial charge is 0.409 e. The highest BCUT2D eigenvalue weighted by molar-refractivity contribution is 6.31. The van der Waals surface area contributed by atoms with Crippen molar-refractivity contribution in [3.05, 3.63) is 39.8 Å². The highest BCUT2D eigenvalue weighted by atomic mass is 16.6. The Kier molecular flexibility index (Phi) is 6.32. The summed E-state index contributed by atoms with van der Waals surface area (Å²) in [6.45, 7) is 8.87. The number of phenolic OH excluding ortho intramolecular Hbond substituents is 2. The number of fused-ring (bicyclic) bond motifs is 3. The molecule has 1 aromatic carbocycles. The lowest BCUT2D eigenvalue weighted by Crippen LogP contribution is -2.46. The summed E-state index contributed by atoms with van der Waals surface area (Å²) in [6.07, 6.45) is 2.05. The maximum atomic E-state index is 13.9. The van der Waals surface area contributed by atoms with Crippen molar-refractivity contribution in [2.24, 2.45) is 0 Å². The van der Waals surface area contributed by atoms with E-state index in [9.17, 15) is 29.4 Å². The van der Waals surface area contributed by atoms with Gasteiger partial charge in [-0.25, -0.2) is 4.79 Å². The van der Waals surface area contributed by atoms with Gasteiger partial charge in [0.05, 0.1) is 17.7 Å². The average Bonchev–Trinajstić information content (AvgIpc) is 3.11. The van der Waals surface area contributed by atoms with Crippen LogP contribution in [-0.2, 0) is 19.7 Å². The summed E-state index contributed by atoms with van der Waals surface area (Å²) in [6, 6.07) is -0.0639. The zero-order chi connectivity index (χ0) is 26.5. The first-order valence-electron chi connectivity index (χ1n) is 11.9. The molecule has 192 valence electrons. The van der Waals surface area contributed by atoms with Crippen LogP contribution in [0.1, 0.15) is 62.0 Å². The van der Waals surface area contributed by atoms with Gasteiger partial charge in [0.15, 0.2) is 17.3 Å². The van der Waals surface area contributed by atoms with Crippen molar-refractivity contribution in [1.29, 1.82) is 0 Å². The van der Waals surface area contributed by atoms with Crippen molar-refractivity contribution >= 4 is 23.4 Å². The number of rotatable bonds is 4. The molecular formula is C26H30N2O8. The predicted molar refractivity (Wildman–Crippen MR) is 128 cm³/mol. The van der Waals surface area contributed by atoms with Crippen LogP contribution in [0.2, 0.25) is 0 Å². The number of piperidine rings is 1. The molecule has 0 spiro atoms. The van der Waals surface area contributed by atoms with Crippen LogP contribution in [0.3, 0.4) is 0 Å². The van der Waals surface area contributed by atoms with Crippen molar-refractivity contribution in [2.75, 3.05) is 19.7 Å². The fourth-order valence-corrected chi connectivity index (χ4v) is 5.16. The number of hydrogen-bond acceptors (Lipinski definition) is 9. The van der Waals surface area contributed by atoms with Gasteiger partial charge in [0.25, 0.3) is 0 Å². The summed E-state index contributed by atoms with van der Waals surface area (Å²) < 4.78 is 10.8. The van der Waals surface area contributed by atoms with Crippen LogP contribution in [0.25, 0.3) is 0 Å². The molecule has 2 aliphatic heterocycles. The molecular weight excluding hydrogens is 468 g/mol. The third kappa shape index (κ3) is 3.71. The van der Waals surface area contributed by atoms with Crippen molar-refractivity contribution in [1.82, 2.24) is 10.2 Å². The number of nitrogens with one attached hydrogen (secondary N) is 1. The molecule has 4 rings (SSSR count). The molecule has 1 amide bonds. The van der Waals surface area contributed by atoms with E-state index < -0.39 is 28.5 Å². The van der Waals surface area contributed by atoms with Gasteiger partial charge in [-0.2, -0.15) is 0 Å². The average molecular weight is 499 g/mol. The van der Waals surface area contributed by atoms with E-state index in [1.807, 2.05) is 0 Å². The van der Waals surface area contributed by atoms with E-state index in [-0.39, 0.29) is 51.7 Å². The normalized spacial score (nSPS) is 22.9. The maximum Gasteiger partial charge on any atom is 0.409 e. The molecule has 1 fully saturated rings. The van der Waals surface area contributed by atoms with Crippen LogP contribution >= 0.6 is 0 Å². The highest BCUT2D eigenvalue weighted by Gasteiger charge is 2.56. The molecule has 0 unspecified atom stereocenters. The Bertz CT molecular complexity index is 1250. The van der Waals surface area contributed by atoms with Gasteiger partial charge < -0.3 is 29.9 Å². The number of benzene rings is 1. The number of nitrogens with zero attached hydrogens (tertiary/aromatic N) is 1. The number of ether oxygens (including phenoxy) is 2. The lowest BCUT2D eigenvalue weighted by Gasteiger charge is -2.33. The molecule has 1 atom stereocenters. The van der Waals surface area contributed by atoms with Crippen LogP contribution in [0.15, 0.2) is 23.1 Å². The second kappa shape index (κ2) is 9.00. The largest absolute Gasteiger partial charge is 0.507 e. The summed E-state index contributed by atoms with van der Waals surface area (Å²) in [4.78, 5) is 52.8. The molecule has 0 bridgehead atoms. The Hall–Kier alpha value is -3.82. The second-order valence-electron chi connectivity index (χ2n) is 9.49. The summed E-state index contributed by atoms with van der Waals surface area (Å²) in [7, 11) is 0. The lowest BCUT2D eigenvalue weighted by atomic mass is 9.70. The second-order valence-corrected chi connectivity index (χ2v) is 9.49. The maximum absolute atomic E-state index is 13.9. The summed E-state index contributed by atoms with van der Waals surface area (Å²) >= 11 is 0. The fourth-order valence-electron chi connectivity index (χ4n) is 5.16. The van der Waals surface area contributed by atoms with Crippen molar-refractivity contribution in [3.63, 3.8) is 0 Å². The van der Waals surface area contributed by atoms with Crippen LogP contribution in [0, 0.1) is 6.92 Å². The highest BCUT2D eigenvalue weighted by Crippen LogP contribution is 2.57. The molecule has 0 saturated carbocycles. The molecule has 3 aliphatic rings. The molecule has 10 nitrogen and oxygen atoms in total. The number of hydrogen-bond donors (Lipinski definition) is 3. The van der Waals surface area contributed by atoms with E-state index in [1.165, 1.54) is 26.8 Å².